The fraction of sp³-hybridized carbons (Fsp3) is 0.471. The summed E-state index contributed by atoms with van der Waals surface area (Å²) in [6.07, 6.45) is 0. The fourth-order valence-corrected chi connectivity index (χ4v) is 4.47. The van der Waals surface area contributed by atoms with Crippen LogP contribution in [0.25, 0.3) is 5.76 Å². The lowest BCUT2D eigenvalue weighted by molar-refractivity contribution is -0.135. The van der Waals surface area contributed by atoms with E-state index in [0.29, 0.717) is 17.6 Å². The minimum Gasteiger partial charge on any atom is -0.480 e. The van der Waals surface area contributed by atoms with E-state index in [1.807, 2.05) is 31.2 Å². The monoisotopic (exact) mass is 320 g/mol. The predicted octanol–water partition coefficient (Wildman–Crippen LogP) is 3.34. The Kier molecular flexibility index (Phi) is 4.49. The van der Waals surface area contributed by atoms with E-state index in [0.717, 1.165) is 11.1 Å². The molecule has 0 fully saturated rings. The Morgan fingerprint density at radius 2 is 1.86 bits per heavy atom. The van der Waals surface area contributed by atoms with Gasteiger partial charge in [-0.2, -0.15) is 0 Å². The Labute approximate surface area is 133 Å². The molecule has 22 heavy (non-hydrogen) atoms. The quantitative estimate of drug-likeness (QED) is 0.485. The van der Waals surface area contributed by atoms with Gasteiger partial charge in [-0.1, -0.05) is 43.9 Å². The molecular weight excluding hydrogens is 296 g/mol. The molecule has 0 spiro atoms. The second-order valence-electron chi connectivity index (χ2n) is 6.76. The van der Waals surface area contributed by atoms with E-state index >= 15 is 0 Å². The van der Waals surface area contributed by atoms with Gasteiger partial charge in [0.25, 0.3) is 0 Å². The van der Waals surface area contributed by atoms with Crippen molar-refractivity contribution in [3.05, 3.63) is 40.6 Å². The number of rotatable bonds is 4. The zero-order chi connectivity index (χ0) is 16.5. The largest absolute Gasteiger partial charge is 0.480 e. The molecule has 0 aromatic heterocycles. The molecule has 0 N–H and O–H groups in total. The summed E-state index contributed by atoms with van der Waals surface area (Å²) in [4.78, 5) is 12.4. The van der Waals surface area contributed by atoms with Crippen molar-refractivity contribution in [1.29, 1.82) is 0 Å². The Bertz CT molecular complexity index is 615. The third-order valence-electron chi connectivity index (χ3n) is 3.86. The van der Waals surface area contributed by atoms with Gasteiger partial charge < -0.3 is 14.2 Å². The number of ether oxygens (including phenoxy) is 3. The number of esters is 1. The number of carbonyl (C=O) groups excluding carboxylic acids is 1. The average Bonchev–Trinajstić information content (AvgIpc) is 2.72. The van der Waals surface area contributed by atoms with Crippen molar-refractivity contribution in [1.82, 2.24) is 0 Å². The van der Waals surface area contributed by atoms with E-state index < -0.39 is 13.7 Å². The Morgan fingerprint density at radius 1 is 1.23 bits per heavy atom. The van der Waals surface area contributed by atoms with E-state index in [-0.39, 0.29) is 5.97 Å². The predicted molar refractivity (Wildman–Crippen MR) is 89.0 cm³/mol. The van der Waals surface area contributed by atoms with Gasteiger partial charge in [0.15, 0.2) is 5.60 Å². The lowest BCUT2D eigenvalue weighted by Crippen LogP contribution is -2.32. The van der Waals surface area contributed by atoms with E-state index in [9.17, 15) is 4.79 Å². The van der Waals surface area contributed by atoms with Crippen molar-refractivity contribution >= 4 is 19.8 Å². The van der Waals surface area contributed by atoms with Gasteiger partial charge in [-0.15, -0.1) is 0 Å². The first-order chi connectivity index (χ1) is 10.2. The molecule has 0 aliphatic carbocycles. The highest BCUT2D eigenvalue weighted by Crippen LogP contribution is 2.45. The van der Waals surface area contributed by atoms with Gasteiger partial charge in [0.05, 0.1) is 27.0 Å². The van der Waals surface area contributed by atoms with Crippen LogP contribution in [0, 0.1) is 0 Å². The third kappa shape index (κ3) is 2.83. The van der Waals surface area contributed by atoms with Gasteiger partial charge in [0, 0.05) is 18.2 Å². The van der Waals surface area contributed by atoms with Crippen molar-refractivity contribution in [3.8, 4) is 0 Å². The molecule has 5 heteroatoms. The number of methoxy groups -OCH3 is 2. The molecule has 0 amide bonds. The molecule has 0 bridgehead atoms. The summed E-state index contributed by atoms with van der Waals surface area (Å²) in [6.45, 7) is 8.76. The number of hydrogen-bond acceptors (Lipinski definition) is 4. The molecule has 120 valence electrons. The van der Waals surface area contributed by atoms with Crippen LogP contribution in [-0.2, 0) is 24.6 Å². The van der Waals surface area contributed by atoms with Crippen molar-refractivity contribution in [3.63, 3.8) is 0 Å². The molecule has 0 saturated heterocycles. The summed E-state index contributed by atoms with van der Waals surface area (Å²) in [5.41, 5.74) is 1.43. The van der Waals surface area contributed by atoms with Gasteiger partial charge in [-0.25, -0.2) is 4.79 Å². The second-order valence-corrected chi connectivity index (χ2v) is 11.8. The number of benzene rings is 1. The van der Waals surface area contributed by atoms with Crippen molar-refractivity contribution in [2.45, 2.75) is 32.2 Å². The van der Waals surface area contributed by atoms with Gasteiger partial charge in [0.1, 0.15) is 5.76 Å². The SMILES string of the molecule is COCC1(C)O/C(=C(/C(=O)OC)[Si](C)(C)C)c2ccccc21. The third-order valence-corrected chi connectivity index (χ3v) is 5.79. The highest BCUT2D eigenvalue weighted by molar-refractivity contribution is 6.88. The maximum atomic E-state index is 12.4. The molecule has 0 radical (unpaired) electrons. The molecule has 1 heterocycles. The number of hydrogen-bond donors (Lipinski definition) is 0. The zero-order valence-corrected chi connectivity index (χ0v) is 15.1. The molecular formula is C17H24O4Si. The fourth-order valence-electron chi connectivity index (χ4n) is 2.89. The summed E-state index contributed by atoms with van der Waals surface area (Å²) in [5.74, 6) is 0.354. The minimum atomic E-state index is -1.95. The van der Waals surface area contributed by atoms with Crippen LogP contribution in [0.3, 0.4) is 0 Å². The zero-order valence-electron chi connectivity index (χ0n) is 14.1. The first-order valence-electron chi connectivity index (χ1n) is 7.35. The van der Waals surface area contributed by atoms with Crippen molar-refractivity contribution < 1.29 is 19.0 Å². The molecule has 2 rings (SSSR count). The molecule has 0 saturated carbocycles. The van der Waals surface area contributed by atoms with E-state index in [2.05, 4.69) is 19.6 Å². The highest BCUT2D eigenvalue weighted by Gasteiger charge is 2.43. The van der Waals surface area contributed by atoms with Crippen LogP contribution in [0.5, 0.6) is 0 Å². The van der Waals surface area contributed by atoms with Crippen molar-refractivity contribution in [2.24, 2.45) is 0 Å². The topological polar surface area (TPSA) is 44.8 Å². The standard InChI is InChI=1S/C17H24O4Si/c1-17(11-19-2)13-10-8-7-9-12(13)14(21-17)15(16(18)20-3)22(4,5)6/h7-10H,11H2,1-6H3/b15-14-. The molecule has 1 aliphatic rings. The molecule has 1 unspecified atom stereocenters. The normalized spacial score (nSPS) is 22.8. The summed E-state index contributed by atoms with van der Waals surface area (Å²) in [5, 5.41) is 0.683. The summed E-state index contributed by atoms with van der Waals surface area (Å²) in [7, 11) is 1.12. The van der Waals surface area contributed by atoms with Gasteiger partial charge in [0.2, 0.25) is 0 Å². The Balaban J connectivity index is 2.71. The van der Waals surface area contributed by atoms with Crippen LogP contribution in [0.15, 0.2) is 29.5 Å². The van der Waals surface area contributed by atoms with Crippen LogP contribution >= 0.6 is 0 Å². The summed E-state index contributed by atoms with van der Waals surface area (Å²) >= 11 is 0. The summed E-state index contributed by atoms with van der Waals surface area (Å²) < 4.78 is 16.6. The molecule has 1 aromatic rings. The van der Waals surface area contributed by atoms with Crippen molar-refractivity contribution in [2.75, 3.05) is 20.8 Å². The highest BCUT2D eigenvalue weighted by atomic mass is 28.3. The maximum Gasteiger partial charge on any atom is 0.333 e. The smallest absolute Gasteiger partial charge is 0.333 e. The second kappa shape index (κ2) is 5.89. The molecule has 4 nitrogen and oxygen atoms in total. The van der Waals surface area contributed by atoms with Crippen LogP contribution in [-0.4, -0.2) is 34.9 Å². The number of fused-ring (bicyclic) bond motifs is 1. The maximum absolute atomic E-state index is 12.4. The van der Waals surface area contributed by atoms with Crippen LogP contribution in [0.1, 0.15) is 18.1 Å². The molecule has 1 atom stereocenters. The first kappa shape index (κ1) is 16.8. The first-order valence-corrected chi connectivity index (χ1v) is 10.9. The van der Waals surface area contributed by atoms with Crippen LogP contribution in [0.4, 0.5) is 0 Å². The Morgan fingerprint density at radius 3 is 2.41 bits per heavy atom. The average molecular weight is 320 g/mol. The van der Waals surface area contributed by atoms with Gasteiger partial charge in [-0.05, 0) is 6.92 Å². The minimum absolute atomic E-state index is 0.300. The molecule has 1 aliphatic heterocycles. The lowest BCUT2D eigenvalue weighted by atomic mass is 9.94. The van der Waals surface area contributed by atoms with E-state index in [4.69, 9.17) is 14.2 Å². The van der Waals surface area contributed by atoms with Crippen LogP contribution in [0.2, 0.25) is 19.6 Å². The molecule has 1 aromatic carbocycles. The van der Waals surface area contributed by atoms with E-state index in [1.54, 1.807) is 7.11 Å². The lowest BCUT2D eigenvalue weighted by Gasteiger charge is -2.26. The summed E-state index contributed by atoms with van der Waals surface area (Å²) in [6, 6.07) is 7.96. The van der Waals surface area contributed by atoms with Gasteiger partial charge in [-0.3, -0.25) is 0 Å². The van der Waals surface area contributed by atoms with Gasteiger partial charge >= 0.3 is 5.97 Å². The van der Waals surface area contributed by atoms with Crippen LogP contribution < -0.4 is 0 Å². The van der Waals surface area contributed by atoms with E-state index in [1.165, 1.54) is 7.11 Å². The Hall–Kier alpha value is -1.59. The number of carbonyl (C=O) groups is 1.